The summed E-state index contributed by atoms with van der Waals surface area (Å²) in [6.07, 6.45) is -4.71. The van der Waals surface area contributed by atoms with E-state index in [1.165, 1.54) is 24.3 Å². The molecule has 1 aromatic heterocycles. The van der Waals surface area contributed by atoms with Gasteiger partial charge in [-0.25, -0.2) is 23.2 Å². The molecule has 3 N–H and O–H groups in total. The first-order chi connectivity index (χ1) is 13.1. The van der Waals surface area contributed by atoms with Crippen LogP contribution in [0.2, 0.25) is 0 Å². The molecule has 3 aromatic rings. The SMILES string of the molecule is CNC.NS(=O)(=O)c1ccc(-n2nc(C(F)(F)F)nc2-c2ccccc2)cc1. The average molecular weight is 413 g/mol. The van der Waals surface area contributed by atoms with Gasteiger partial charge in [0.2, 0.25) is 10.0 Å². The number of nitrogens with two attached hydrogens (primary N) is 1. The van der Waals surface area contributed by atoms with Crippen LogP contribution in [0.4, 0.5) is 13.2 Å². The summed E-state index contributed by atoms with van der Waals surface area (Å²) in [6.45, 7) is 0. The van der Waals surface area contributed by atoms with Gasteiger partial charge >= 0.3 is 6.18 Å². The second kappa shape index (κ2) is 8.50. The van der Waals surface area contributed by atoms with Gasteiger partial charge in [0.25, 0.3) is 5.82 Å². The first kappa shape index (κ1) is 21.5. The largest absolute Gasteiger partial charge is 0.453 e. The van der Waals surface area contributed by atoms with Gasteiger partial charge in [-0.15, -0.1) is 5.10 Å². The Morgan fingerprint density at radius 1 is 1.00 bits per heavy atom. The Kier molecular flexibility index (Phi) is 6.54. The number of hydrogen-bond acceptors (Lipinski definition) is 5. The lowest BCUT2D eigenvalue weighted by molar-refractivity contribution is -0.144. The van der Waals surface area contributed by atoms with Crippen molar-refractivity contribution >= 4 is 10.0 Å². The van der Waals surface area contributed by atoms with Crippen molar-refractivity contribution in [2.75, 3.05) is 14.1 Å². The van der Waals surface area contributed by atoms with E-state index in [4.69, 9.17) is 5.14 Å². The Balaban J connectivity index is 0.000000878. The third-order valence-corrected chi connectivity index (χ3v) is 4.23. The standard InChI is InChI=1S/C15H11F3N4O2S.C2H7N/c16-15(17,18)14-20-13(10-4-2-1-3-5-10)22(21-14)11-6-8-12(9-7-11)25(19,23)24;1-3-2/h1-9H,(H2,19,23,24);3H,1-2H3. The Morgan fingerprint density at radius 3 is 2.00 bits per heavy atom. The molecule has 0 saturated carbocycles. The maximum Gasteiger partial charge on any atom is 0.453 e. The Morgan fingerprint density at radius 2 is 1.54 bits per heavy atom. The van der Waals surface area contributed by atoms with Crippen molar-refractivity contribution in [3.8, 4) is 17.1 Å². The molecule has 1 heterocycles. The van der Waals surface area contributed by atoms with Crippen LogP contribution in [0.15, 0.2) is 59.5 Å². The zero-order valence-corrected chi connectivity index (χ0v) is 15.8. The summed E-state index contributed by atoms with van der Waals surface area (Å²) in [4.78, 5) is 3.42. The molecule has 0 atom stereocenters. The summed E-state index contributed by atoms with van der Waals surface area (Å²) in [5.41, 5.74) is 0.648. The van der Waals surface area contributed by atoms with Crippen molar-refractivity contribution in [2.45, 2.75) is 11.1 Å². The number of aromatic nitrogens is 3. The van der Waals surface area contributed by atoms with Gasteiger partial charge in [0, 0.05) is 5.56 Å². The highest BCUT2D eigenvalue weighted by atomic mass is 32.2. The van der Waals surface area contributed by atoms with E-state index in [1.54, 1.807) is 30.3 Å². The normalized spacial score (nSPS) is 11.6. The van der Waals surface area contributed by atoms with Crippen LogP contribution in [0, 0.1) is 0 Å². The van der Waals surface area contributed by atoms with Crippen LogP contribution in [-0.2, 0) is 16.2 Å². The number of nitrogens with one attached hydrogen (secondary N) is 1. The van der Waals surface area contributed by atoms with Gasteiger partial charge in [0.15, 0.2) is 5.82 Å². The van der Waals surface area contributed by atoms with Crippen LogP contribution in [0.5, 0.6) is 0 Å². The molecule has 11 heteroatoms. The molecule has 0 aliphatic heterocycles. The van der Waals surface area contributed by atoms with Crippen LogP contribution >= 0.6 is 0 Å². The van der Waals surface area contributed by atoms with E-state index in [2.05, 4.69) is 15.4 Å². The first-order valence-corrected chi connectivity index (χ1v) is 9.44. The fraction of sp³-hybridized carbons (Fsp3) is 0.176. The van der Waals surface area contributed by atoms with E-state index in [0.717, 1.165) is 4.68 Å². The third kappa shape index (κ3) is 5.15. The number of halogens is 3. The smallest absolute Gasteiger partial charge is 0.323 e. The Bertz CT molecular complexity index is 1020. The summed E-state index contributed by atoms with van der Waals surface area (Å²) >= 11 is 0. The van der Waals surface area contributed by atoms with Gasteiger partial charge in [0.05, 0.1) is 10.6 Å². The average Bonchev–Trinajstić information content (AvgIpc) is 3.08. The van der Waals surface area contributed by atoms with Crippen molar-refractivity contribution < 1.29 is 21.6 Å². The Hall–Kier alpha value is -2.76. The van der Waals surface area contributed by atoms with E-state index in [-0.39, 0.29) is 16.4 Å². The molecule has 2 aromatic carbocycles. The van der Waals surface area contributed by atoms with Crippen molar-refractivity contribution in [1.82, 2.24) is 20.1 Å². The topological polar surface area (TPSA) is 103 Å². The van der Waals surface area contributed by atoms with Crippen molar-refractivity contribution in [3.05, 3.63) is 60.4 Å². The minimum absolute atomic E-state index is 0.0173. The molecule has 0 saturated heterocycles. The molecule has 0 radical (unpaired) electrons. The second-order valence-corrected chi connectivity index (χ2v) is 7.13. The van der Waals surface area contributed by atoms with Crippen LogP contribution in [0.3, 0.4) is 0 Å². The maximum absolute atomic E-state index is 13.0. The molecule has 0 aliphatic carbocycles. The third-order valence-electron chi connectivity index (χ3n) is 3.30. The van der Waals surface area contributed by atoms with E-state index in [0.29, 0.717) is 5.56 Å². The number of benzene rings is 2. The molecule has 0 aliphatic rings. The van der Waals surface area contributed by atoms with Gasteiger partial charge in [-0.05, 0) is 38.4 Å². The molecule has 0 bridgehead atoms. The number of primary sulfonamides is 1. The molecule has 150 valence electrons. The molecular formula is C17H18F3N5O2S. The second-order valence-electron chi connectivity index (χ2n) is 5.57. The number of hydrogen-bond donors (Lipinski definition) is 2. The molecule has 0 amide bonds. The summed E-state index contributed by atoms with van der Waals surface area (Å²) in [7, 11) is -0.157. The fourth-order valence-corrected chi connectivity index (χ4v) is 2.68. The van der Waals surface area contributed by atoms with Crippen molar-refractivity contribution in [2.24, 2.45) is 5.14 Å². The zero-order chi connectivity index (χ0) is 20.9. The van der Waals surface area contributed by atoms with E-state index >= 15 is 0 Å². The zero-order valence-electron chi connectivity index (χ0n) is 15.0. The summed E-state index contributed by atoms with van der Waals surface area (Å²) in [5, 5.41) is 11.3. The number of sulfonamides is 1. The van der Waals surface area contributed by atoms with Crippen molar-refractivity contribution in [1.29, 1.82) is 0 Å². The molecule has 0 fully saturated rings. The van der Waals surface area contributed by atoms with Crippen LogP contribution in [-0.4, -0.2) is 37.3 Å². The summed E-state index contributed by atoms with van der Waals surface area (Å²) < 4.78 is 62.6. The molecule has 0 spiro atoms. The van der Waals surface area contributed by atoms with E-state index in [1.807, 2.05) is 14.1 Å². The summed E-state index contributed by atoms with van der Waals surface area (Å²) in [5.74, 6) is -1.31. The van der Waals surface area contributed by atoms with Gasteiger partial charge in [0.1, 0.15) is 0 Å². The highest BCUT2D eigenvalue weighted by Crippen LogP contribution is 2.30. The molecule has 0 unspecified atom stereocenters. The van der Waals surface area contributed by atoms with Crippen LogP contribution in [0.25, 0.3) is 17.1 Å². The minimum Gasteiger partial charge on any atom is -0.323 e. The predicted molar refractivity (Wildman–Crippen MR) is 98.2 cm³/mol. The highest BCUT2D eigenvalue weighted by Gasteiger charge is 2.37. The molecular weight excluding hydrogens is 395 g/mol. The molecule has 7 nitrogen and oxygen atoms in total. The summed E-state index contributed by atoms with van der Waals surface area (Å²) in [6, 6.07) is 13.2. The van der Waals surface area contributed by atoms with Crippen molar-refractivity contribution in [3.63, 3.8) is 0 Å². The van der Waals surface area contributed by atoms with Gasteiger partial charge in [-0.1, -0.05) is 30.3 Å². The Labute approximate surface area is 160 Å². The lowest BCUT2D eigenvalue weighted by atomic mass is 10.2. The van der Waals surface area contributed by atoms with Gasteiger partial charge in [-0.3, -0.25) is 0 Å². The molecule has 28 heavy (non-hydrogen) atoms. The maximum atomic E-state index is 13.0. The van der Waals surface area contributed by atoms with Gasteiger partial charge in [-0.2, -0.15) is 13.2 Å². The molecule has 3 rings (SSSR count). The van der Waals surface area contributed by atoms with Gasteiger partial charge < -0.3 is 5.32 Å². The predicted octanol–water partition coefficient (Wildman–Crippen LogP) is 2.44. The number of rotatable bonds is 3. The fourth-order valence-electron chi connectivity index (χ4n) is 2.16. The van der Waals surface area contributed by atoms with E-state index < -0.39 is 22.0 Å². The van der Waals surface area contributed by atoms with E-state index in [9.17, 15) is 21.6 Å². The first-order valence-electron chi connectivity index (χ1n) is 7.89. The number of alkyl halides is 3. The number of nitrogens with zero attached hydrogens (tertiary/aromatic N) is 3. The lowest BCUT2D eigenvalue weighted by Crippen LogP contribution is -2.12. The minimum atomic E-state index is -4.71. The van der Waals surface area contributed by atoms with Crippen LogP contribution in [0.1, 0.15) is 5.82 Å². The highest BCUT2D eigenvalue weighted by molar-refractivity contribution is 7.89. The monoisotopic (exact) mass is 413 g/mol. The lowest BCUT2D eigenvalue weighted by Gasteiger charge is -2.06. The quantitative estimate of drug-likeness (QED) is 0.687. The van der Waals surface area contributed by atoms with Crippen LogP contribution < -0.4 is 10.5 Å².